The Bertz CT molecular complexity index is 521. The number of hydrogen-bond donors (Lipinski definition) is 1. The average molecular weight is 371 g/mol. The zero-order chi connectivity index (χ0) is 14.9. The molecule has 0 bridgehead atoms. The molecule has 2 aliphatic carbocycles. The molecule has 6 heteroatoms. The molecule has 4 nitrogen and oxygen atoms in total. The molecular weight excluding hydrogens is 352 g/mol. The van der Waals surface area contributed by atoms with Crippen LogP contribution in [0, 0.1) is 0 Å². The summed E-state index contributed by atoms with van der Waals surface area (Å²) in [6, 6.07) is 4.51. The van der Waals surface area contributed by atoms with Crippen molar-refractivity contribution in [2.45, 2.75) is 54.0 Å². The molecule has 1 aromatic heterocycles. The Morgan fingerprint density at radius 2 is 2.29 bits per heavy atom. The summed E-state index contributed by atoms with van der Waals surface area (Å²) in [7, 11) is 1.48. The normalized spacial score (nSPS) is 28.6. The van der Waals surface area contributed by atoms with Crippen molar-refractivity contribution in [2.24, 2.45) is 0 Å². The number of carbonyl (C=O) groups excluding carboxylic acids is 1. The summed E-state index contributed by atoms with van der Waals surface area (Å²) >= 11 is 5.15. The molecule has 0 saturated heterocycles. The molecule has 1 N–H and O–H groups in total. The van der Waals surface area contributed by atoms with E-state index in [9.17, 15) is 4.79 Å². The van der Waals surface area contributed by atoms with Crippen LogP contribution in [-0.4, -0.2) is 34.9 Å². The molecule has 1 heterocycles. The van der Waals surface area contributed by atoms with E-state index < -0.39 is 5.54 Å². The lowest BCUT2D eigenvalue weighted by molar-refractivity contribution is -0.148. The van der Waals surface area contributed by atoms with E-state index in [0.717, 1.165) is 28.8 Å². The second-order valence-electron chi connectivity index (χ2n) is 5.79. The molecule has 2 atom stereocenters. The van der Waals surface area contributed by atoms with Gasteiger partial charge in [0.2, 0.25) is 0 Å². The zero-order valence-electron chi connectivity index (χ0n) is 12.0. The molecule has 0 radical (unpaired) electrons. The smallest absolute Gasteiger partial charge is 0.326 e. The van der Waals surface area contributed by atoms with Gasteiger partial charge in [-0.05, 0) is 60.2 Å². The monoisotopic (exact) mass is 370 g/mol. The first-order valence-electron chi connectivity index (χ1n) is 7.26. The number of nitrogens with zero attached hydrogens (tertiary/aromatic N) is 1. The quantitative estimate of drug-likeness (QED) is 0.806. The van der Waals surface area contributed by atoms with Crippen molar-refractivity contribution in [2.75, 3.05) is 7.11 Å². The van der Waals surface area contributed by atoms with Crippen LogP contribution in [0.1, 0.15) is 32.1 Å². The van der Waals surface area contributed by atoms with E-state index in [0.29, 0.717) is 11.3 Å². The van der Waals surface area contributed by atoms with Crippen molar-refractivity contribution >= 4 is 33.7 Å². The zero-order valence-corrected chi connectivity index (χ0v) is 14.4. The second-order valence-corrected chi connectivity index (χ2v) is 8.03. The fourth-order valence-electron chi connectivity index (χ4n) is 2.89. The largest absolute Gasteiger partial charge is 0.468 e. The lowest BCUT2D eigenvalue weighted by Crippen LogP contribution is -2.52. The van der Waals surface area contributed by atoms with E-state index >= 15 is 0 Å². The van der Waals surface area contributed by atoms with E-state index in [1.54, 1.807) is 11.8 Å². The molecule has 114 valence electrons. The van der Waals surface area contributed by atoms with Crippen LogP contribution >= 0.6 is 27.7 Å². The highest BCUT2D eigenvalue weighted by molar-refractivity contribution is 9.10. The number of thioether (sulfide) groups is 1. The van der Waals surface area contributed by atoms with Crippen molar-refractivity contribution in [1.29, 1.82) is 0 Å². The fourth-order valence-corrected chi connectivity index (χ4v) is 4.33. The molecule has 2 saturated carbocycles. The maximum atomic E-state index is 12.2. The van der Waals surface area contributed by atoms with Gasteiger partial charge in [-0.15, -0.1) is 11.8 Å². The van der Waals surface area contributed by atoms with Gasteiger partial charge in [0.05, 0.1) is 12.1 Å². The third-order valence-electron chi connectivity index (χ3n) is 4.09. The summed E-state index contributed by atoms with van der Waals surface area (Å²) in [5, 5.41) is 4.94. The van der Waals surface area contributed by atoms with Crippen LogP contribution in [0.15, 0.2) is 27.8 Å². The van der Waals surface area contributed by atoms with E-state index in [2.05, 4.69) is 26.2 Å². The Kier molecular flexibility index (Phi) is 4.57. The number of esters is 1. The van der Waals surface area contributed by atoms with Crippen LogP contribution < -0.4 is 5.32 Å². The second kappa shape index (κ2) is 6.26. The highest BCUT2D eigenvalue weighted by Crippen LogP contribution is 2.42. The molecule has 3 rings (SSSR count). The van der Waals surface area contributed by atoms with Gasteiger partial charge in [0.15, 0.2) is 0 Å². The highest BCUT2D eigenvalue weighted by atomic mass is 79.9. The topological polar surface area (TPSA) is 51.2 Å². The Labute approximate surface area is 137 Å². The summed E-state index contributed by atoms with van der Waals surface area (Å²) in [5.41, 5.74) is -0.483. The molecule has 2 fully saturated rings. The van der Waals surface area contributed by atoms with Crippen molar-refractivity contribution in [3.05, 3.63) is 22.8 Å². The number of methoxy groups -OCH3 is 1. The van der Waals surface area contributed by atoms with Gasteiger partial charge in [0, 0.05) is 22.0 Å². The number of nitrogens with one attached hydrogen (secondary N) is 1. The molecule has 2 unspecified atom stereocenters. The molecule has 2 aliphatic rings. The first-order valence-corrected chi connectivity index (χ1v) is 8.93. The molecule has 0 aliphatic heterocycles. The highest BCUT2D eigenvalue weighted by Gasteiger charge is 2.49. The minimum Gasteiger partial charge on any atom is -0.468 e. The predicted molar refractivity (Wildman–Crippen MR) is 86.3 cm³/mol. The molecule has 1 aromatic rings. The van der Waals surface area contributed by atoms with Gasteiger partial charge in [-0.1, -0.05) is 0 Å². The Balaban J connectivity index is 1.66. The summed E-state index contributed by atoms with van der Waals surface area (Å²) in [6.45, 7) is 0. The molecular formula is C15H19BrN2O2S. The van der Waals surface area contributed by atoms with E-state index in [1.807, 2.05) is 18.3 Å². The standard InChI is InChI=1S/C15H19BrN2O2S/c1-20-14(19)15(18-11-3-4-11)7-6-12(8-15)21-13-5-2-10(16)9-17-13/h2,5,9,11-12,18H,3-4,6-8H2,1H3. The van der Waals surface area contributed by atoms with Gasteiger partial charge >= 0.3 is 5.97 Å². The van der Waals surface area contributed by atoms with E-state index in [4.69, 9.17) is 4.74 Å². The van der Waals surface area contributed by atoms with Gasteiger partial charge in [-0.25, -0.2) is 4.98 Å². The molecule has 21 heavy (non-hydrogen) atoms. The maximum Gasteiger partial charge on any atom is 0.326 e. The van der Waals surface area contributed by atoms with E-state index in [1.165, 1.54) is 20.0 Å². The number of hydrogen-bond acceptors (Lipinski definition) is 5. The minimum atomic E-state index is -0.483. The van der Waals surface area contributed by atoms with Crippen LogP contribution in [0.3, 0.4) is 0 Å². The number of rotatable bonds is 5. The summed E-state index contributed by atoms with van der Waals surface area (Å²) < 4.78 is 6.03. The lowest BCUT2D eigenvalue weighted by Gasteiger charge is -2.27. The van der Waals surface area contributed by atoms with Gasteiger partial charge in [0.25, 0.3) is 0 Å². The van der Waals surface area contributed by atoms with Crippen LogP contribution in [0.4, 0.5) is 0 Å². The third kappa shape index (κ3) is 3.60. The number of carbonyl (C=O) groups is 1. The predicted octanol–water partition coefficient (Wildman–Crippen LogP) is 3.15. The van der Waals surface area contributed by atoms with Crippen molar-refractivity contribution in [3.63, 3.8) is 0 Å². The van der Waals surface area contributed by atoms with Crippen molar-refractivity contribution in [3.8, 4) is 0 Å². The SMILES string of the molecule is COC(=O)C1(NC2CC2)CCC(Sc2ccc(Br)cn2)C1. The number of ether oxygens (including phenoxy) is 1. The van der Waals surface area contributed by atoms with Crippen LogP contribution in [-0.2, 0) is 9.53 Å². The average Bonchev–Trinajstić information content (AvgIpc) is 3.20. The minimum absolute atomic E-state index is 0.110. The van der Waals surface area contributed by atoms with Gasteiger partial charge in [0.1, 0.15) is 5.54 Å². The Morgan fingerprint density at radius 1 is 1.48 bits per heavy atom. The van der Waals surface area contributed by atoms with Crippen LogP contribution in [0.25, 0.3) is 0 Å². The maximum absolute atomic E-state index is 12.2. The summed E-state index contributed by atoms with van der Waals surface area (Å²) in [5.74, 6) is -0.110. The number of halogens is 1. The third-order valence-corrected chi connectivity index (χ3v) is 5.78. The molecule has 0 spiro atoms. The number of pyridine rings is 1. The van der Waals surface area contributed by atoms with Gasteiger partial charge in [-0.2, -0.15) is 0 Å². The Hall–Kier alpha value is -0.590. The first kappa shape index (κ1) is 15.3. The fraction of sp³-hybridized carbons (Fsp3) is 0.600. The summed E-state index contributed by atoms with van der Waals surface area (Å²) in [4.78, 5) is 16.6. The molecule has 0 aromatic carbocycles. The lowest BCUT2D eigenvalue weighted by atomic mass is 9.97. The van der Waals surface area contributed by atoms with Crippen molar-refractivity contribution in [1.82, 2.24) is 10.3 Å². The number of aromatic nitrogens is 1. The van der Waals surface area contributed by atoms with Gasteiger partial charge < -0.3 is 4.74 Å². The van der Waals surface area contributed by atoms with Crippen molar-refractivity contribution < 1.29 is 9.53 Å². The summed E-state index contributed by atoms with van der Waals surface area (Å²) in [6.07, 6.45) is 6.84. The van der Waals surface area contributed by atoms with Crippen LogP contribution in [0.5, 0.6) is 0 Å². The first-order chi connectivity index (χ1) is 10.1. The Morgan fingerprint density at radius 3 is 2.90 bits per heavy atom. The van der Waals surface area contributed by atoms with Crippen LogP contribution in [0.2, 0.25) is 0 Å². The molecule has 0 amide bonds. The van der Waals surface area contributed by atoms with Gasteiger partial charge in [-0.3, -0.25) is 10.1 Å². The van der Waals surface area contributed by atoms with E-state index in [-0.39, 0.29) is 5.97 Å².